The topological polar surface area (TPSA) is 117 Å². The molecule has 3 fully saturated rings. The highest BCUT2D eigenvalue weighted by atomic mass is 16.6. The molecule has 4 rings (SSSR count). The Morgan fingerprint density at radius 1 is 1.15 bits per heavy atom. The van der Waals surface area contributed by atoms with E-state index in [1.54, 1.807) is 29.0 Å². The number of allylic oxidation sites excluding steroid dienone is 1. The lowest BCUT2D eigenvalue weighted by Crippen LogP contribution is -2.61. The molecule has 1 aromatic rings. The number of nitrogens with zero attached hydrogens (tertiary/aromatic N) is 3. The Hall–Kier alpha value is -3.50. The smallest absolute Gasteiger partial charge is 0.313 e. The van der Waals surface area contributed by atoms with Gasteiger partial charge in [0, 0.05) is 32.1 Å². The summed E-state index contributed by atoms with van der Waals surface area (Å²) in [7, 11) is 1.69. The highest BCUT2D eigenvalue weighted by Crippen LogP contribution is 2.59. The number of ether oxygens (including phenoxy) is 2. The zero-order valence-corrected chi connectivity index (χ0v) is 29.8. The Morgan fingerprint density at radius 3 is 2.40 bits per heavy atom. The minimum absolute atomic E-state index is 0.0633. The number of β-amino-alcohol motifs (C(OH)–C–C–N with tert-alkyl or cyclic N) is 1. The number of hydrogen-bond donors (Lipinski definition) is 1. The van der Waals surface area contributed by atoms with Crippen LogP contribution in [-0.2, 0) is 28.7 Å². The van der Waals surface area contributed by atoms with Gasteiger partial charge in [-0.2, -0.15) is 0 Å². The van der Waals surface area contributed by atoms with Crippen LogP contribution in [0.4, 0.5) is 0 Å². The minimum Gasteiger partial charge on any atom is -0.455 e. The monoisotopic (exact) mass is 665 g/mol. The van der Waals surface area contributed by atoms with Crippen LogP contribution in [0.1, 0.15) is 85.3 Å². The Morgan fingerprint density at radius 2 is 1.81 bits per heavy atom. The van der Waals surface area contributed by atoms with E-state index in [2.05, 4.69) is 33.9 Å². The number of aliphatic hydroxyl groups excluding tert-OH is 1. The molecule has 1 N–H and O–H groups in total. The maximum atomic E-state index is 14.7. The molecule has 10 heteroatoms. The molecule has 3 amide bonds. The number of likely N-dealkylation sites (tertiary alicyclic amines) is 1. The third-order valence-electron chi connectivity index (χ3n) is 10.3. The first kappa shape index (κ1) is 37.3. The summed E-state index contributed by atoms with van der Waals surface area (Å²) in [5, 5.41) is 10.1. The van der Waals surface area contributed by atoms with Crippen molar-refractivity contribution >= 4 is 23.7 Å². The van der Waals surface area contributed by atoms with Crippen molar-refractivity contribution < 1.29 is 33.8 Å². The fourth-order valence-electron chi connectivity index (χ4n) is 8.48. The van der Waals surface area contributed by atoms with E-state index in [1.165, 1.54) is 4.90 Å². The molecule has 2 bridgehead atoms. The summed E-state index contributed by atoms with van der Waals surface area (Å²) in [6, 6.07) is 7.72. The van der Waals surface area contributed by atoms with Gasteiger partial charge >= 0.3 is 5.97 Å². The van der Waals surface area contributed by atoms with Crippen molar-refractivity contribution in [1.29, 1.82) is 0 Å². The van der Waals surface area contributed by atoms with Crippen LogP contribution in [0.15, 0.2) is 55.6 Å². The van der Waals surface area contributed by atoms with Gasteiger partial charge in [-0.15, -0.1) is 13.2 Å². The quantitative estimate of drug-likeness (QED) is 0.214. The number of fused-ring (bicyclic) bond motifs is 1. The molecule has 3 aliphatic heterocycles. The molecule has 0 unspecified atom stereocenters. The predicted octanol–water partition coefficient (Wildman–Crippen LogP) is 4.68. The summed E-state index contributed by atoms with van der Waals surface area (Å²) in [6.07, 6.45) is 4.37. The van der Waals surface area contributed by atoms with Gasteiger partial charge in [-0.3, -0.25) is 19.2 Å². The summed E-state index contributed by atoms with van der Waals surface area (Å²) in [5.41, 5.74) is -1.20. The van der Waals surface area contributed by atoms with Gasteiger partial charge < -0.3 is 29.3 Å². The molecular weight excluding hydrogens is 610 g/mol. The van der Waals surface area contributed by atoms with E-state index in [-0.39, 0.29) is 49.3 Å². The summed E-state index contributed by atoms with van der Waals surface area (Å²) < 4.78 is 12.9. The molecule has 10 nitrogen and oxygen atoms in total. The van der Waals surface area contributed by atoms with E-state index in [4.69, 9.17) is 9.47 Å². The Balaban J connectivity index is 1.69. The van der Waals surface area contributed by atoms with Gasteiger partial charge in [-0.1, -0.05) is 63.3 Å². The molecule has 0 radical (unpaired) electrons. The fraction of sp³-hybridized carbons (Fsp3) is 0.632. The Kier molecular flexibility index (Phi) is 11.3. The average Bonchev–Trinajstić information content (AvgIpc) is 3.67. The number of amides is 3. The van der Waals surface area contributed by atoms with Crippen molar-refractivity contribution in [2.24, 2.45) is 17.3 Å². The van der Waals surface area contributed by atoms with Gasteiger partial charge in [0.1, 0.15) is 17.7 Å². The molecule has 1 spiro atoms. The molecule has 264 valence electrons. The highest BCUT2D eigenvalue weighted by molar-refractivity contribution is 5.98. The molecule has 0 aromatic heterocycles. The maximum absolute atomic E-state index is 14.7. The zero-order chi connectivity index (χ0) is 35.6. The van der Waals surface area contributed by atoms with Crippen LogP contribution >= 0.6 is 0 Å². The second-order valence-electron chi connectivity index (χ2n) is 15.4. The first-order chi connectivity index (χ1) is 22.5. The van der Waals surface area contributed by atoms with Crippen molar-refractivity contribution in [3.8, 4) is 0 Å². The van der Waals surface area contributed by atoms with Gasteiger partial charge in [-0.05, 0) is 57.4 Å². The van der Waals surface area contributed by atoms with Crippen molar-refractivity contribution in [3.05, 3.63) is 61.2 Å². The van der Waals surface area contributed by atoms with E-state index in [0.717, 1.165) is 5.56 Å². The van der Waals surface area contributed by atoms with E-state index in [9.17, 15) is 24.3 Å². The molecule has 7 atom stereocenters. The first-order valence-electron chi connectivity index (χ1n) is 17.2. The third-order valence-corrected chi connectivity index (χ3v) is 10.3. The maximum Gasteiger partial charge on any atom is 0.313 e. The summed E-state index contributed by atoms with van der Waals surface area (Å²) in [4.78, 5) is 61.1. The molecule has 1 aromatic carbocycles. The summed E-state index contributed by atoms with van der Waals surface area (Å²) >= 11 is 0. The SMILES string of the molecule is C=CCCC(=O)N(C)[C@H](C)[C@H](OC(=O)[C@@H]1[C@H]2C(=O)N(CCO)[C@H](C(=O)N(CC=C)C(C)(C)CC(C)(C)C)[C@]23CC[C@H]1O3)c1ccccc1. The number of aliphatic hydroxyl groups is 1. The minimum atomic E-state index is -1.24. The van der Waals surface area contributed by atoms with Gasteiger partial charge in [0.15, 0.2) is 0 Å². The van der Waals surface area contributed by atoms with Crippen LogP contribution in [0.25, 0.3) is 0 Å². The van der Waals surface area contributed by atoms with Gasteiger partial charge in [0.25, 0.3) is 0 Å². The average molecular weight is 666 g/mol. The number of benzene rings is 1. The van der Waals surface area contributed by atoms with Gasteiger partial charge in [0.05, 0.1) is 30.6 Å². The van der Waals surface area contributed by atoms with E-state index >= 15 is 0 Å². The van der Waals surface area contributed by atoms with Gasteiger partial charge in [0.2, 0.25) is 17.7 Å². The van der Waals surface area contributed by atoms with Crippen molar-refractivity contribution in [1.82, 2.24) is 14.7 Å². The van der Waals surface area contributed by atoms with Gasteiger partial charge in [-0.25, -0.2) is 0 Å². The molecule has 3 aliphatic rings. The number of carbonyl (C=O) groups is 4. The summed E-state index contributed by atoms with van der Waals surface area (Å²) in [6.45, 7) is 19.7. The normalized spacial score (nSPS) is 26.1. The largest absolute Gasteiger partial charge is 0.455 e. The van der Waals surface area contributed by atoms with Crippen molar-refractivity contribution in [2.75, 3.05) is 26.7 Å². The standard InChI is InChI=1S/C38H55N3O7/c1-10-12-18-28(43)39(9)25(3)31(26-16-14-13-15-17-26)47-35(46)29-27-19-20-38(48-27)30(29)33(44)40(22-23-42)32(38)34(45)41(21-11-2)37(7,8)24-36(4,5)6/h10-11,13-17,25,27,29-32,42H,1-2,12,18-24H2,3-9H3/t25-,27-,29+,30+,31+,32-,38+/m1/s1. The molecule has 3 heterocycles. The molecular formula is C38H55N3O7. The van der Waals surface area contributed by atoms with Crippen LogP contribution in [0.3, 0.4) is 0 Å². The lowest BCUT2D eigenvalue weighted by Gasteiger charge is -2.45. The molecule has 0 aliphatic carbocycles. The van der Waals surface area contributed by atoms with E-state index in [1.807, 2.05) is 51.1 Å². The van der Waals surface area contributed by atoms with Crippen LogP contribution in [0.5, 0.6) is 0 Å². The lowest BCUT2D eigenvalue weighted by atomic mass is 9.70. The molecule has 48 heavy (non-hydrogen) atoms. The van der Waals surface area contributed by atoms with E-state index < -0.39 is 53.2 Å². The number of rotatable bonds is 15. The number of esters is 1. The van der Waals surface area contributed by atoms with E-state index in [0.29, 0.717) is 25.7 Å². The lowest BCUT2D eigenvalue weighted by molar-refractivity contribution is -0.165. The second-order valence-corrected chi connectivity index (χ2v) is 15.4. The summed E-state index contributed by atoms with van der Waals surface area (Å²) in [5.74, 6) is -3.26. The Labute approximate surface area is 286 Å². The third kappa shape index (κ3) is 7.10. The van der Waals surface area contributed by atoms with Crippen LogP contribution in [0.2, 0.25) is 0 Å². The predicted molar refractivity (Wildman–Crippen MR) is 183 cm³/mol. The fourth-order valence-corrected chi connectivity index (χ4v) is 8.48. The number of likely N-dealkylation sites (N-methyl/N-ethyl adjacent to an activating group) is 1. The molecule has 0 saturated carbocycles. The second kappa shape index (κ2) is 14.5. The molecule has 3 saturated heterocycles. The zero-order valence-electron chi connectivity index (χ0n) is 29.8. The first-order valence-corrected chi connectivity index (χ1v) is 17.2. The van der Waals surface area contributed by atoms with Crippen LogP contribution < -0.4 is 0 Å². The number of hydrogen-bond acceptors (Lipinski definition) is 7. The van der Waals surface area contributed by atoms with Crippen molar-refractivity contribution in [3.63, 3.8) is 0 Å². The van der Waals surface area contributed by atoms with Crippen LogP contribution in [0, 0.1) is 17.3 Å². The number of carbonyl (C=O) groups excluding carboxylic acids is 4. The highest BCUT2D eigenvalue weighted by Gasteiger charge is 2.75. The van der Waals surface area contributed by atoms with Crippen LogP contribution in [-0.4, -0.2) is 99.6 Å². The van der Waals surface area contributed by atoms with Crippen molar-refractivity contribution in [2.45, 2.75) is 109 Å². The Bertz CT molecular complexity index is 1370.